The van der Waals surface area contributed by atoms with Gasteiger partial charge in [0.05, 0.1) is 42.4 Å². The first-order valence-electron chi connectivity index (χ1n) is 14.6. The SMILES string of the molecule is O=[N+]([O-])c1ccc(CO[C@H](C(Cc2ccccc2)OCc2ccccc2)[C@@H](O)[C@H](O)[C@@H](CO)OCc2ccc([N+](=O)[O-])cc2)cc1. The Kier molecular flexibility index (Phi) is 12.8. The quantitative estimate of drug-likeness (QED) is 0.105. The van der Waals surface area contributed by atoms with Gasteiger partial charge in [0.15, 0.2) is 0 Å². The van der Waals surface area contributed by atoms with Crippen molar-refractivity contribution in [2.24, 2.45) is 0 Å². The number of nitro benzene ring substituents is 2. The zero-order chi connectivity index (χ0) is 32.9. The van der Waals surface area contributed by atoms with Gasteiger partial charge in [-0.1, -0.05) is 60.7 Å². The fraction of sp³-hybridized carbons (Fsp3) is 0.294. The Labute approximate surface area is 265 Å². The fourth-order valence-electron chi connectivity index (χ4n) is 4.82. The summed E-state index contributed by atoms with van der Waals surface area (Å²) in [6, 6.07) is 30.2. The molecule has 0 heterocycles. The van der Waals surface area contributed by atoms with Gasteiger partial charge in [0.1, 0.15) is 24.4 Å². The molecule has 4 aromatic rings. The minimum absolute atomic E-state index is 0.0696. The van der Waals surface area contributed by atoms with Crippen LogP contribution in [0.1, 0.15) is 22.3 Å². The lowest BCUT2D eigenvalue weighted by Gasteiger charge is -2.35. The predicted octanol–water partition coefficient (Wildman–Crippen LogP) is 4.52. The molecule has 4 rings (SSSR count). The number of non-ortho nitro benzene ring substituents is 2. The molecule has 0 bridgehead atoms. The first-order valence-corrected chi connectivity index (χ1v) is 14.6. The lowest BCUT2D eigenvalue weighted by atomic mass is 9.94. The van der Waals surface area contributed by atoms with Crippen molar-refractivity contribution in [3.05, 3.63) is 152 Å². The van der Waals surface area contributed by atoms with Crippen LogP contribution in [0.15, 0.2) is 109 Å². The second-order valence-electron chi connectivity index (χ2n) is 10.7. The number of rotatable bonds is 18. The molecule has 0 amide bonds. The van der Waals surface area contributed by atoms with Gasteiger partial charge >= 0.3 is 0 Å². The van der Waals surface area contributed by atoms with E-state index >= 15 is 0 Å². The Hall–Kier alpha value is -4.56. The van der Waals surface area contributed by atoms with Crippen LogP contribution in [-0.4, -0.2) is 62.3 Å². The number of ether oxygens (including phenoxy) is 3. The highest BCUT2D eigenvalue weighted by molar-refractivity contribution is 5.33. The van der Waals surface area contributed by atoms with Crippen LogP contribution in [0.2, 0.25) is 0 Å². The molecule has 0 radical (unpaired) electrons. The van der Waals surface area contributed by atoms with E-state index in [0.29, 0.717) is 17.5 Å². The van der Waals surface area contributed by atoms with Crippen LogP contribution in [0.4, 0.5) is 11.4 Å². The van der Waals surface area contributed by atoms with E-state index in [4.69, 9.17) is 14.2 Å². The van der Waals surface area contributed by atoms with Crippen molar-refractivity contribution in [2.45, 2.75) is 56.8 Å². The van der Waals surface area contributed by atoms with E-state index in [-0.39, 0.29) is 31.2 Å². The van der Waals surface area contributed by atoms with Crippen LogP contribution < -0.4 is 0 Å². The van der Waals surface area contributed by atoms with E-state index in [1.807, 2.05) is 60.7 Å². The third kappa shape index (κ3) is 9.97. The lowest BCUT2D eigenvalue weighted by Crippen LogP contribution is -2.52. The summed E-state index contributed by atoms with van der Waals surface area (Å²) in [6.07, 6.45) is -6.14. The highest BCUT2D eigenvalue weighted by atomic mass is 16.6. The van der Waals surface area contributed by atoms with Gasteiger partial charge in [-0.15, -0.1) is 0 Å². The number of benzene rings is 4. The summed E-state index contributed by atoms with van der Waals surface area (Å²) in [6.45, 7) is -0.633. The molecule has 0 spiro atoms. The number of aliphatic hydroxyl groups is 3. The van der Waals surface area contributed by atoms with Gasteiger partial charge in [-0.25, -0.2) is 0 Å². The van der Waals surface area contributed by atoms with Gasteiger partial charge in [-0.3, -0.25) is 20.2 Å². The molecule has 0 aliphatic heterocycles. The minimum Gasteiger partial charge on any atom is -0.394 e. The van der Waals surface area contributed by atoms with E-state index in [9.17, 15) is 35.5 Å². The largest absolute Gasteiger partial charge is 0.394 e. The van der Waals surface area contributed by atoms with Crippen LogP contribution in [0, 0.1) is 20.2 Å². The molecule has 12 heteroatoms. The minimum atomic E-state index is -1.64. The van der Waals surface area contributed by atoms with Crippen LogP contribution in [0.25, 0.3) is 0 Å². The number of nitro groups is 2. The van der Waals surface area contributed by atoms with Crippen LogP contribution in [0.3, 0.4) is 0 Å². The van der Waals surface area contributed by atoms with Crippen molar-refractivity contribution in [2.75, 3.05) is 6.61 Å². The molecule has 46 heavy (non-hydrogen) atoms. The van der Waals surface area contributed by atoms with Gasteiger partial charge in [-0.05, 0) is 46.5 Å². The van der Waals surface area contributed by atoms with Crippen molar-refractivity contribution >= 4 is 11.4 Å². The molecule has 0 aliphatic rings. The highest BCUT2D eigenvalue weighted by Crippen LogP contribution is 2.24. The van der Waals surface area contributed by atoms with Crippen molar-refractivity contribution in [1.29, 1.82) is 0 Å². The van der Waals surface area contributed by atoms with Gasteiger partial charge in [-0.2, -0.15) is 0 Å². The topological polar surface area (TPSA) is 175 Å². The molecule has 0 saturated carbocycles. The molecule has 12 nitrogen and oxygen atoms in total. The first-order chi connectivity index (χ1) is 22.2. The van der Waals surface area contributed by atoms with Gasteiger partial charge in [0.25, 0.3) is 11.4 Å². The Morgan fingerprint density at radius 1 is 0.543 bits per heavy atom. The van der Waals surface area contributed by atoms with Crippen molar-refractivity contribution in [3.63, 3.8) is 0 Å². The monoisotopic (exact) mass is 632 g/mol. The van der Waals surface area contributed by atoms with Crippen LogP contribution in [0.5, 0.6) is 0 Å². The Morgan fingerprint density at radius 3 is 1.41 bits per heavy atom. The number of aliphatic hydroxyl groups excluding tert-OH is 3. The Bertz CT molecular complexity index is 1500. The molecule has 242 valence electrons. The standard InChI is InChI=1S/C34H36N2O10/c37-20-31(45-22-26-11-15-28(16-12-26)35(40)41)32(38)33(39)34(46-23-27-13-17-29(18-14-27)36(42)43)30(19-24-7-3-1-4-8-24)44-21-25-9-5-2-6-10-25/h1-18,30-34,37-39H,19-23H2/t30?,31-,32-,33+,34-/m1/s1. The molecule has 4 aromatic carbocycles. The Balaban J connectivity index is 1.57. The molecular formula is C34H36N2O10. The maximum atomic E-state index is 11.6. The molecule has 0 saturated heterocycles. The summed E-state index contributed by atoms with van der Waals surface area (Å²) in [5.74, 6) is 0. The normalized spacial score (nSPS) is 14.6. The summed E-state index contributed by atoms with van der Waals surface area (Å²) in [4.78, 5) is 21.0. The second-order valence-corrected chi connectivity index (χ2v) is 10.7. The third-order valence-electron chi connectivity index (χ3n) is 7.40. The Morgan fingerprint density at radius 2 is 0.957 bits per heavy atom. The van der Waals surface area contributed by atoms with Crippen LogP contribution >= 0.6 is 0 Å². The second kappa shape index (κ2) is 17.2. The van der Waals surface area contributed by atoms with Gasteiger partial charge < -0.3 is 29.5 Å². The third-order valence-corrected chi connectivity index (χ3v) is 7.40. The number of nitrogens with zero attached hydrogens (tertiary/aromatic N) is 2. The van der Waals surface area contributed by atoms with Gasteiger partial charge in [0.2, 0.25) is 0 Å². The molecule has 5 atom stereocenters. The summed E-state index contributed by atoms with van der Waals surface area (Å²) >= 11 is 0. The van der Waals surface area contributed by atoms with Crippen molar-refractivity contribution in [3.8, 4) is 0 Å². The van der Waals surface area contributed by atoms with Crippen molar-refractivity contribution < 1.29 is 39.4 Å². The van der Waals surface area contributed by atoms with Crippen LogP contribution in [-0.2, 0) is 40.5 Å². The molecule has 0 aliphatic carbocycles. The van der Waals surface area contributed by atoms with E-state index in [2.05, 4.69) is 0 Å². The van der Waals surface area contributed by atoms with E-state index in [0.717, 1.165) is 11.1 Å². The zero-order valence-electron chi connectivity index (χ0n) is 24.9. The van der Waals surface area contributed by atoms with E-state index in [1.54, 1.807) is 12.1 Å². The number of hydrogen-bond donors (Lipinski definition) is 3. The first kappa shape index (κ1) is 34.3. The fourth-order valence-corrected chi connectivity index (χ4v) is 4.82. The highest BCUT2D eigenvalue weighted by Gasteiger charge is 2.38. The average molecular weight is 633 g/mol. The van der Waals surface area contributed by atoms with Crippen molar-refractivity contribution in [1.82, 2.24) is 0 Å². The van der Waals surface area contributed by atoms with Gasteiger partial charge in [0, 0.05) is 30.7 Å². The lowest BCUT2D eigenvalue weighted by molar-refractivity contribution is -0.385. The summed E-state index contributed by atoms with van der Waals surface area (Å²) < 4.78 is 18.3. The maximum Gasteiger partial charge on any atom is 0.269 e. The van der Waals surface area contributed by atoms with E-state index in [1.165, 1.54) is 36.4 Å². The molecule has 3 N–H and O–H groups in total. The number of hydrogen-bond acceptors (Lipinski definition) is 10. The molecule has 0 fully saturated rings. The molecule has 0 aromatic heterocycles. The summed E-state index contributed by atoms with van der Waals surface area (Å²) in [7, 11) is 0. The average Bonchev–Trinajstić information content (AvgIpc) is 3.08. The smallest absolute Gasteiger partial charge is 0.269 e. The molecule has 1 unspecified atom stereocenters. The molecular weight excluding hydrogens is 596 g/mol. The summed E-state index contributed by atoms with van der Waals surface area (Å²) in [5, 5.41) is 55.1. The maximum absolute atomic E-state index is 11.6. The summed E-state index contributed by atoms with van der Waals surface area (Å²) in [5.41, 5.74) is 2.74. The predicted molar refractivity (Wildman–Crippen MR) is 168 cm³/mol. The zero-order valence-corrected chi connectivity index (χ0v) is 24.9. The van der Waals surface area contributed by atoms with E-state index < -0.39 is 47.0 Å².